The van der Waals surface area contributed by atoms with Crippen LogP contribution in [0.1, 0.15) is 25.7 Å². The second-order valence-corrected chi connectivity index (χ2v) is 6.36. The topological polar surface area (TPSA) is 74.8 Å². The highest BCUT2D eigenvalue weighted by Gasteiger charge is 2.46. The average Bonchev–Trinajstić information content (AvgIpc) is 3.09. The van der Waals surface area contributed by atoms with E-state index in [1.807, 2.05) is 17.0 Å². The molecule has 3 fully saturated rings. The lowest BCUT2D eigenvalue weighted by atomic mass is 10.00. The molecule has 2 bridgehead atoms. The lowest BCUT2D eigenvalue weighted by Gasteiger charge is -2.39. The number of imide groups is 1. The number of carbonyl (C=O) groups excluding carboxylic acids is 2. The van der Waals surface area contributed by atoms with E-state index in [0.29, 0.717) is 13.1 Å². The number of hydrogen-bond acceptors (Lipinski definition) is 4. The van der Waals surface area contributed by atoms with Crippen LogP contribution in [0.25, 0.3) is 0 Å². The molecule has 3 aliphatic heterocycles. The van der Waals surface area contributed by atoms with E-state index >= 15 is 0 Å². The van der Waals surface area contributed by atoms with Crippen LogP contribution < -0.4 is 10.1 Å². The molecule has 3 aliphatic rings. The first kappa shape index (κ1) is 14.3. The van der Waals surface area contributed by atoms with Gasteiger partial charge in [-0.05, 0) is 25.0 Å². The van der Waals surface area contributed by atoms with E-state index in [0.717, 1.165) is 31.4 Å². The van der Waals surface area contributed by atoms with Crippen LogP contribution in [0.3, 0.4) is 0 Å². The molecular formula is C16H20N4O3. The Hall–Kier alpha value is -2.31. The second-order valence-electron chi connectivity index (χ2n) is 6.36. The van der Waals surface area contributed by atoms with Crippen LogP contribution in [-0.2, 0) is 0 Å². The molecular weight excluding hydrogens is 296 g/mol. The Morgan fingerprint density at radius 1 is 1.30 bits per heavy atom. The summed E-state index contributed by atoms with van der Waals surface area (Å²) in [5.41, 5.74) is 0. The number of rotatable bonds is 2. The summed E-state index contributed by atoms with van der Waals surface area (Å²) in [4.78, 5) is 31.7. The van der Waals surface area contributed by atoms with Crippen LogP contribution >= 0.6 is 0 Å². The minimum atomic E-state index is -0.275. The van der Waals surface area contributed by atoms with Gasteiger partial charge in [0.05, 0.1) is 6.20 Å². The first-order valence-electron chi connectivity index (χ1n) is 8.16. The zero-order chi connectivity index (χ0) is 15.8. The van der Waals surface area contributed by atoms with Gasteiger partial charge in [-0.25, -0.2) is 14.5 Å². The molecule has 2 atom stereocenters. The molecule has 4 rings (SSSR count). The first-order chi connectivity index (χ1) is 11.2. The zero-order valence-electron chi connectivity index (χ0n) is 12.9. The smallest absolute Gasteiger partial charge is 0.328 e. The fourth-order valence-electron chi connectivity index (χ4n) is 3.94. The van der Waals surface area contributed by atoms with E-state index in [4.69, 9.17) is 4.74 Å². The Kier molecular flexibility index (Phi) is 3.55. The molecule has 0 aromatic carbocycles. The Morgan fingerprint density at radius 3 is 2.70 bits per heavy atom. The second kappa shape index (κ2) is 5.72. The standard InChI is InChI=1S/C16H20N4O3/c21-15-18-6-7-19(15)16(22)20-11-3-4-12(20)9-14(8-11)23-13-2-1-5-17-10-13/h1-2,5,10-12,14H,3-4,6-9H2,(H,18,21). The van der Waals surface area contributed by atoms with E-state index in [9.17, 15) is 9.59 Å². The first-order valence-corrected chi connectivity index (χ1v) is 8.16. The quantitative estimate of drug-likeness (QED) is 0.899. The van der Waals surface area contributed by atoms with Crippen LogP contribution in [-0.4, -0.2) is 58.1 Å². The van der Waals surface area contributed by atoms with Gasteiger partial charge in [0, 0.05) is 44.2 Å². The van der Waals surface area contributed by atoms with Crippen molar-refractivity contribution in [3.05, 3.63) is 24.5 Å². The van der Waals surface area contributed by atoms with Crippen LogP contribution in [0.5, 0.6) is 5.75 Å². The average molecular weight is 316 g/mol. The van der Waals surface area contributed by atoms with Gasteiger partial charge in [-0.15, -0.1) is 0 Å². The number of nitrogens with one attached hydrogen (secondary N) is 1. The van der Waals surface area contributed by atoms with Crippen molar-refractivity contribution in [2.45, 2.75) is 43.9 Å². The van der Waals surface area contributed by atoms with Gasteiger partial charge in [0.15, 0.2) is 0 Å². The maximum absolute atomic E-state index is 12.7. The highest BCUT2D eigenvalue weighted by molar-refractivity contribution is 5.95. The van der Waals surface area contributed by atoms with E-state index in [2.05, 4.69) is 10.3 Å². The highest BCUT2D eigenvalue weighted by Crippen LogP contribution is 2.38. The number of amides is 4. The Morgan fingerprint density at radius 2 is 2.09 bits per heavy atom. The Labute approximate surface area is 134 Å². The summed E-state index contributed by atoms with van der Waals surface area (Å²) >= 11 is 0. The van der Waals surface area contributed by atoms with Crippen molar-refractivity contribution in [1.82, 2.24) is 20.1 Å². The predicted octanol–water partition coefficient (Wildman–Crippen LogP) is 1.60. The molecule has 4 amide bonds. The molecule has 1 aromatic rings. The van der Waals surface area contributed by atoms with E-state index in [-0.39, 0.29) is 30.2 Å². The molecule has 1 aromatic heterocycles. The van der Waals surface area contributed by atoms with Gasteiger partial charge in [0.2, 0.25) is 0 Å². The third kappa shape index (κ3) is 2.60. The van der Waals surface area contributed by atoms with Gasteiger partial charge in [-0.3, -0.25) is 4.98 Å². The monoisotopic (exact) mass is 316 g/mol. The maximum Gasteiger partial charge on any atom is 0.328 e. The molecule has 2 unspecified atom stereocenters. The summed E-state index contributed by atoms with van der Waals surface area (Å²) in [5, 5.41) is 2.69. The van der Waals surface area contributed by atoms with Gasteiger partial charge in [0.1, 0.15) is 11.9 Å². The molecule has 0 radical (unpaired) electrons. The third-order valence-electron chi connectivity index (χ3n) is 4.94. The number of nitrogens with zero attached hydrogens (tertiary/aromatic N) is 3. The molecule has 3 saturated heterocycles. The van der Waals surface area contributed by atoms with Crippen molar-refractivity contribution in [3.63, 3.8) is 0 Å². The van der Waals surface area contributed by atoms with Crippen LogP contribution in [0, 0.1) is 0 Å². The number of urea groups is 2. The molecule has 4 heterocycles. The molecule has 122 valence electrons. The minimum Gasteiger partial charge on any atom is -0.489 e. The van der Waals surface area contributed by atoms with Crippen molar-refractivity contribution in [1.29, 1.82) is 0 Å². The van der Waals surface area contributed by atoms with Crippen LogP contribution in [0.4, 0.5) is 9.59 Å². The predicted molar refractivity (Wildman–Crippen MR) is 82.0 cm³/mol. The number of ether oxygens (including phenoxy) is 1. The summed E-state index contributed by atoms with van der Waals surface area (Å²) in [5.74, 6) is 0.774. The fraction of sp³-hybridized carbons (Fsp3) is 0.562. The molecule has 7 heteroatoms. The van der Waals surface area contributed by atoms with Crippen molar-refractivity contribution in [2.75, 3.05) is 13.1 Å². The Balaban J connectivity index is 1.44. The molecule has 0 spiro atoms. The maximum atomic E-state index is 12.7. The van der Waals surface area contributed by atoms with E-state index in [1.54, 1.807) is 12.4 Å². The SMILES string of the molecule is O=C1NCCN1C(=O)N1C2CCC1CC(Oc1cccnc1)C2. The minimum absolute atomic E-state index is 0.105. The highest BCUT2D eigenvalue weighted by atomic mass is 16.5. The van der Waals surface area contributed by atoms with Gasteiger partial charge in [-0.1, -0.05) is 0 Å². The van der Waals surface area contributed by atoms with Crippen molar-refractivity contribution in [3.8, 4) is 5.75 Å². The van der Waals surface area contributed by atoms with Gasteiger partial charge < -0.3 is 15.0 Å². The molecule has 1 N–H and O–H groups in total. The number of fused-ring (bicyclic) bond motifs is 2. The fourth-order valence-corrected chi connectivity index (χ4v) is 3.94. The normalized spacial score (nSPS) is 29.6. The molecule has 0 aliphatic carbocycles. The lowest BCUT2D eigenvalue weighted by Crippen LogP contribution is -2.54. The number of pyridine rings is 1. The molecule has 23 heavy (non-hydrogen) atoms. The largest absolute Gasteiger partial charge is 0.489 e. The summed E-state index contributed by atoms with van der Waals surface area (Å²) in [6, 6.07) is 3.67. The summed E-state index contributed by atoms with van der Waals surface area (Å²) < 4.78 is 6.02. The molecule has 7 nitrogen and oxygen atoms in total. The third-order valence-corrected chi connectivity index (χ3v) is 4.94. The van der Waals surface area contributed by atoms with Gasteiger partial charge in [-0.2, -0.15) is 0 Å². The number of piperidine rings is 1. The summed E-state index contributed by atoms with van der Waals surface area (Å²) in [6.45, 7) is 1.00. The van der Waals surface area contributed by atoms with Crippen molar-refractivity contribution in [2.24, 2.45) is 0 Å². The lowest BCUT2D eigenvalue weighted by molar-refractivity contribution is 0.0602. The van der Waals surface area contributed by atoms with Gasteiger partial charge >= 0.3 is 12.1 Å². The number of aromatic nitrogens is 1. The van der Waals surface area contributed by atoms with Crippen molar-refractivity contribution >= 4 is 12.1 Å². The molecule has 0 saturated carbocycles. The van der Waals surface area contributed by atoms with E-state index in [1.165, 1.54) is 4.90 Å². The number of carbonyl (C=O) groups is 2. The summed E-state index contributed by atoms with van der Waals surface area (Å²) in [6.07, 6.45) is 7.14. The summed E-state index contributed by atoms with van der Waals surface area (Å²) in [7, 11) is 0. The van der Waals surface area contributed by atoms with Crippen LogP contribution in [0.15, 0.2) is 24.5 Å². The van der Waals surface area contributed by atoms with Crippen LogP contribution in [0.2, 0.25) is 0 Å². The zero-order valence-corrected chi connectivity index (χ0v) is 12.9. The van der Waals surface area contributed by atoms with Crippen molar-refractivity contribution < 1.29 is 14.3 Å². The van der Waals surface area contributed by atoms with E-state index < -0.39 is 0 Å². The number of hydrogen-bond donors (Lipinski definition) is 1. The van der Waals surface area contributed by atoms with Gasteiger partial charge in [0.25, 0.3) is 0 Å². The Bertz CT molecular complexity index is 595.